The maximum atomic E-state index is 5.99. The van der Waals surface area contributed by atoms with Gasteiger partial charge in [0.25, 0.3) is 0 Å². The predicted molar refractivity (Wildman–Crippen MR) is 74.6 cm³/mol. The first-order valence-corrected chi connectivity index (χ1v) is 7.01. The predicted octanol–water partition coefficient (Wildman–Crippen LogP) is 2.27. The fourth-order valence-corrected chi connectivity index (χ4v) is 2.74. The summed E-state index contributed by atoms with van der Waals surface area (Å²) in [5.41, 5.74) is 7.03. The normalized spacial score (nSPS) is 23.9. The van der Waals surface area contributed by atoms with E-state index in [1.807, 2.05) is 6.92 Å². The van der Waals surface area contributed by atoms with Gasteiger partial charge in [-0.25, -0.2) is 9.97 Å². The second-order valence-corrected chi connectivity index (χ2v) is 5.28. The smallest absolute Gasteiger partial charge is 0.132 e. The minimum absolute atomic E-state index is 0.400. The van der Waals surface area contributed by atoms with Gasteiger partial charge < -0.3 is 10.6 Å². The molecule has 1 aliphatic rings. The van der Waals surface area contributed by atoms with Gasteiger partial charge >= 0.3 is 0 Å². The fraction of sp³-hybridized carbons (Fsp3) is 0.714. The molecule has 0 spiro atoms. The molecule has 1 fully saturated rings. The summed E-state index contributed by atoms with van der Waals surface area (Å²) in [6.45, 7) is 5.30. The van der Waals surface area contributed by atoms with E-state index < -0.39 is 0 Å². The van der Waals surface area contributed by atoms with Gasteiger partial charge in [0.05, 0.1) is 0 Å². The Morgan fingerprint density at radius 3 is 2.61 bits per heavy atom. The standard InChI is InChI=1S/C14H24N4/c1-3-8-18(13-6-4-12(15)5-7-13)14-9-11(2)16-10-17-14/h9-10,12-13H,3-8,15H2,1-2H3. The molecule has 0 aliphatic heterocycles. The first-order chi connectivity index (χ1) is 8.70. The minimum atomic E-state index is 0.400. The Labute approximate surface area is 110 Å². The largest absolute Gasteiger partial charge is 0.354 e. The summed E-state index contributed by atoms with van der Waals surface area (Å²) in [6, 6.07) is 3.08. The molecule has 4 nitrogen and oxygen atoms in total. The third-order valence-electron chi connectivity index (χ3n) is 3.73. The molecule has 0 unspecified atom stereocenters. The van der Waals surface area contributed by atoms with Crippen molar-refractivity contribution in [1.29, 1.82) is 0 Å². The van der Waals surface area contributed by atoms with Crippen LogP contribution in [0, 0.1) is 6.92 Å². The highest BCUT2D eigenvalue weighted by molar-refractivity contribution is 5.40. The van der Waals surface area contributed by atoms with Crippen molar-refractivity contribution in [3.63, 3.8) is 0 Å². The summed E-state index contributed by atoms with van der Waals surface area (Å²) in [7, 11) is 0. The third kappa shape index (κ3) is 3.19. The number of hydrogen-bond donors (Lipinski definition) is 1. The maximum absolute atomic E-state index is 5.99. The Morgan fingerprint density at radius 1 is 1.28 bits per heavy atom. The van der Waals surface area contributed by atoms with Gasteiger partial charge in [0, 0.05) is 30.4 Å². The zero-order valence-electron chi connectivity index (χ0n) is 11.5. The SMILES string of the molecule is CCCN(c1cc(C)ncn1)C1CCC(N)CC1. The summed E-state index contributed by atoms with van der Waals surface area (Å²) in [6.07, 6.45) is 7.45. The van der Waals surface area contributed by atoms with Crippen molar-refractivity contribution in [2.75, 3.05) is 11.4 Å². The van der Waals surface area contributed by atoms with Crippen molar-refractivity contribution in [1.82, 2.24) is 9.97 Å². The molecule has 1 aromatic rings. The van der Waals surface area contributed by atoms with E-state index >= 15 is 0 Å². The molecule has 0 amide bonds. The Kier molecular flexibility index (Phi) is 4.53. The van der Waals surface area contributed by atoms with E-state index in [1.54, 1.807) is 6.33 Å². The molecule has 1 saturated carbocycles. The Balaban J connectivity index is 2.12. The average molecular weight is 248 g/mol. The van der Waals surface area contributed by atoms with E-state index in [0.29, 0.717) is 12.1 Å². The van der Waals surface area contributed by atoms with Crippen molar-refractivity contribution < 1.29 is 0 Å². The van der Waals surface area contributed by atoms with Crippen LogP contribution < -0.4 is 10.6 Å². The zero-order chi connectivity index (χ0) is 13.0. The van der Waals surface area contributed by atoms with Crippen LogP contribution in [0.5, 0.6) is 0 Å². The monoisotopic (exact) mass is 248 g/mol. The molecular weight excluding hydrogens is 224 g/mol. The van der Waals surface area contributed by atoms with Crippen LogP contribution in [-0.4, -0.2) is 28.6 Å². The van der Waals surface area contributed by atoms with E-state index in [2.05, 4.69) is 27.9 Å². The van der Waals surface area contributed by atoms with Crippen LogP contribution >= 0.6 is 0 Å². The topological polar surface area (TPSA) is 55.0 Å². The van der Waals surface area contributed by atoms with Crippen LogP contribution in [-0.2, 0) is 0 Å². The number of nitrogens with two attached hydrogens (primary N) is 1. The maximum Gasteiger partial charge on any atom is 0.132 e. The average Bonchev–Trinajstić information content (AvgIpc) is 2.37. The Bertz CT molecular complexity index is 372. The fourth-order valence-electron chi connectivity index (χ4n) is 2.74. The first kappa shape index (κ1) is 13.3. The molecule has 1 heterocycles. The van der Waals surface area contributed by atoms with Crippen molar-refractivity contribution in [3.05, 3.63) is 18.1 Å². The molecule has 1 aliphatic carbocycles. The van der Waals surface area contributed by atoms with Crippen LogP contribution in [0.1, 0.15) is 44.7 Å². The Morgan fingerprint density at radius 2 is 2.00 bits per heavy atom. The molecule has 1 aromatic heterocycles. The zero-order valence-corrected chi connectivity index (χ0v) is 11.5. The highest BCUT2D eigenvalue weighted by atomic mass is 15.2. The lowest BCUT2D eigenvalue weighted by Gasteiger charge is -2.36. The number of aryl methyl sites for hydroxylation is 1. The number of aromatic nitrogens is 2. The van der Waals surface area contributed by atoms with Crippen LogP contribution in [0.2, 0.25) is 0 Å². The lowest BCUT2D eigenvalue weighted by atomic mass is 9.90. The van der Waals surface area contributed by atoms with Gasteiger partial charge in [-0.1, -0.05) is 6.92 Å². The lowest BCUT2D eigenvalue weighted by molar-refractivity contribution is 0.374. The van der Waals surface area contributed by atoms with Gasteiger partial charge in [-0.3, -0.25) is 0 Å². The lowest BCUT2D eigenvalue weighted by Crippen LogP contribution is -2.41. The van der Waals surface area contributed by atoms with Crippen molar-refractivity contribution in [2.24, 2.45) is 5.73 Å². The second kappa shape index (κ2) is 6.14. The molecule has 2 N–H and O–H groups in total. The van der Waals surface area contributed by atoms with Crippen LogP contribution in [0.15, 0.2) is 12.4 Å². The van der Waals surface area contributed by atoms with Crippen molar-refractivity contribution in [2.45, 2.75) is 58.0 Å². The van der Waals surface area contributed by atoms with Gasteiger partial charge in [-0.05, 0) is 39.0 Å². The summed E-state index contributed by atoms with van der Waals surface area (Å²) >= 11 is 0. The summed E-state index contributed by atoms with van der Waals surface area (Å²) < 4.78 is 0. The van der Waals surface area contributed by atoms with E-state index in [1.165, 1.54) is 12.8 Å². The van der Waals surface area contributed by atoms with Gasteiger partial charge in [0.1, 0.15) is 12.1 Å². The quantitative estimate of drug-likeness (QED) is 0.888. The molecule has 2 rings (SSSR count). The Hall–Kier alpha value is -1.16. The molecule has 18 heavy (non-hydrogen) atoms. The molecule has 0 saturated heterocycles. The second-order valence-electron chi connectivity index (χ2n) is 5.28. The van der Waals surface area contributed by atoms with Crippen LogP contribution in [0.25, 0.3) is 0 Å². The molecule has 0 radical (unpaired) electrons. The highest BCUT2D eigenvalue weighted by Gasteiger charge is 2.24. The molecular formula is C14H24N4. The molecule has 0 bridgehead atoms. The molecule has 0 aromatic carbocycles. The van der Waals surface area contributed by atoms with Gasteiger partial charge in [-0.15, -0.1) is 0 Å². The van der Waals surface area contributed by atoms with E-state index in [-0.39, 0.29) is 0 Å². The summed E-state index contributed by atoms with van der Waals surface area (Å²) in [5, 5.41) is 0. The number of hydrogen-bond acceptors (Lipinski definition) is 4. The number of nitrogens with zero attached hydrogens (tertiary/aromatic N) is 3. The van der Waals surface area contributed by atoms with Gasteiger partial charge in [0.2, 0.25) is 0 Å². The third-order valence-corrected chi connectivity index (χ3v) is 3.73. The number of rotatable bonds is 4. The van der Waals surface area contributed by atoms with Crippen molar-refractivity contribution in [3.8, 4) is 0 Å². The van der Waals surface area contributed by atoms with E-state index in [4.69, 9.17) is 5.73 Å². The van der Waals surface area contributed by atoms with Gasteiger partial charge in [-0.2, -0.15) is 0 Å². The van der Waals surface area contributed by atoms with Crippen LogP contribution in [0.3, 0.4) is 0 Å². The molecule has 4 heteroatoms. The highest BCUT2D eigenvalue weighted by Crippen LogP contribution is 2.26. The first-order valence-electron chi connectivity index (χ1n) is 7.01. The summed E-state index contributed by atoms with van der Waals surface area (Å²) in [5.74, 6) is 1.07. The van der Waals surface area contributed by atoms with Crippen LogP contribution in [0.4, 0.5) is 5.82 Å². The van der Waals surface area contributed by atoms with E-state index in [0.717, 1.165) is 37.3 Å². The van der Waals surface area contributed by atoms with E-state index in [9.17, 15) is 0 Å². The summed E-state index contributed by atoms with van der Waals surface area (Å²) in [4.78, 5) is 11.1. The molecule has 100 valence electrons. The number of anilines is 1. The molecule has 0 atom stereocenters. The van der Waals surface area contributed by atoms with Crippen molar-refractivity contribution >= 4 is 5.82 Å². The van der Waals surface area contributed by atoms with Gasteiger partial charge in [0.15, 0.2) is 0 Å². The minimum Gasteiger partial charge on any atom is -0.354 e.